The fraction of sp³-hybridized carbons (Fsp3) is 0.462. The van der Waals surface area contributed by atoms with E-state index in [4.69, 9.17) is 22.1 Å². The van der Waals surface area contributed by atoms with E-state index in [2.05, 4.69) is 9.71 Å². The third-order valence-corrected chi connectivity index (χ3v) is 4.81. The number of guanidine groups is 1. The van der Waals surface area contributed by atoms with Gasteiger partial charge < -0.3 is 15.4 Å². The predicted octanol–water partition coefficient (Wildman–Crippen LogP) is 0.265. The molecular formula is C13H19ClN4O3S. The van der Waals surface area contributed by atoms with Crippen molar-refractivity contribution in [3.05, 3.63) is 29.3 Å². The Bertz CT molecular complexity index is 630. The summed E-state index contributed by atoms with van der Waals surface area (Å²) in [7, 11) is -3.58. The van der Waals surface area contributed by atoms with Crippen LogP contribution in [0, 0.1) is 0 Å². The highest BCUT2D eigenvalue weighted by atomic mass is 35.5. The Labute approximate surface area is 135 Å². The summed E-state index contributed by atoms with van der Waals surface area (Å²) in [5.41, 5.74) is 5.85. The lowest BCUT2D eigenvalue weighted by Crippen LogP contribution is -2.45. The summed E-state index contributed by atoms with van der Waals surface area (Å²) in [6.07, 6.45) is 0. The molecule has 0 radical (unpaired) electrons. The van der Waals surface area contributed by atoms with Crippen molar-refractivity contribution in [2.24, 2.45) is 10.7 Å². The van der Waals surface area contributed by atoms with Crippen molar-refractivity contribution in [1.29, 1.82) is 0 Å². The maximum atomic E-state index is 12.1. The second kappa shape index (κ2) is 7.77. The first kappa shape index (κ1) is 17.0. The van der Waals surface area contributed by atoms with Crippen molar-refractivity contribution < 1.29 is 13.2 Å². The van der Waals surface area contributed by atoms with Crippen LogP contribution in [-0.2, 0) is 14.8 Å². The summed E-state index contributed by atoms with van der Waals surface area (Å²) < 4.78 is 31.8. The van der Waals surface area contributed by atoms with Crippen LogP contribution in [0.4, 0.5) is 0 Å². The molecule has 1 aromatic carbocycles. The van der Waals surface area contributed by atoms with Crippen LogP contribution in [0.5, 0.6) is 0 Å². The molecule has 0 aliphatic carbocycles. The van der Waals surface area contributed by atoms with Gasteiger partial charge in [0.05, 0.1) is 24.7 Å². The van der Waals surface area contributed by atoms with Crippen LogP contribution < -0.4 is 10.5 Å². The average Bonchev–Trinajstić information content (AvgIpc) is 2.52. The molecule has 7 nitrogen and oxygen atoms in total. The monoisotopic (exact) mass is 346 g/mol. The first-order valence-corrected chi connectivity index (χ1v) is 8.73. The molecule has 1 aromatic rings. The fourth-order valence-electron chi connectivity index (χ4n) is 1.96. The smallest absolute Gasteiger partial charge is 0.240 e. The van der Waals surface area contributed by atoms with Crippen LogP contribution in [-0.4, -0.2) is 58.7 Å². The second-order valence-electron chi connectivity index (χ2n) is 4.69. The molecule has 22 heavy (non-hydrogen) atoms. The molecule has 1 heterocycles. The van der Waals surface area contributed by atoms with E-state index >= 15 is 0 Å². The van der Waals surface area contributed by atoms with E-state index in [0.717, 1.165) is 0 Å². The van der Waals surface area contributed by atoms with Gasteiger partial charge in [0.2, 0.25) is 10.0 Å². The van der Waals surface area contributed by atoms with Crippen LogP contribution >= 0.6 is 11.6 Å². The number of morpholine rings is 1. The summed E-state index contributed by atoms with van der Waals surface area (Å²) in [4.78, 5) is 6.22. The van der Waals surface area contributed by atoms with Crippen molar-refractivity contribution >= 4 is 27.6 Å². The zero-order chi connectivity index (χ0) is 16.0. The lowest BCUT2D eigenvalue weighted by Gasteiger charge is -2.27. The fourth-order valence-corrected chi connectivity index (χ4v) is 3.28. The lowest BCUT2D eigenvalue weighted by atomic mass is 10.4. The summed E-state index contributed by atoms with van der Waals surface area (Å²) in [5, 5.41) is 0.373. The number of sulfonamides is 1. The van der Waals surface area contributed by atoms with Crippen molar-refractivity contribution in [2.75, 3.05) is 39.4 Å². The molecule has 0 amide bonds. The molecule has 0 unspecified atom stereocenters. The number of rotatable bonds is 5. The van der Waals surface area contributed by atoms with Crippen LogP contribution in [0.25, 0.3) is 0 Å². The molecule has 0 bridgehead atoms. The highest BCUT2D eigenvalue weighted by molar-refractivity contribution is 7.89. The molecule has 1 aliphatic heterocycles. The molecule has 1 fully saturated rings. The minimum atomic E-state index is -3.58. The van der Waals surface area contributed by atoms with Gasteiger partial charge in [-0.1, -0.05) is 17.7 Å². The SMILES string of the molecule is NC(=NCCNS(=O)(=O)c1cccc(Cl)c1)N1CCOCC1. The second-order valence-corrected chi connectivity index (χ2v) is 6.90. The van der Waals surface area contributed by atoms with Gasteiger partial charge in [-0.15, -0.1) is 0 Å². The molecule has 122 valence electrons. The van der Waals surface area contributed by atoms with Gasteiger partial charge in [0.25, 0.3) is 0 Å². The van der Waals surface area contributed by atoms with E-state index in [9.17, 15) is 8.42 Å². The molecule has 0 saturated carbocycles. The van der Waals surface area contributed by atoms with E-state index in [1.807, 2.05) is 4.90 Å². The van der Waals surface area contributed by atoms with Crippen molar-refractivity contribution in [2.45, 2.75) is 4.90 Å². The normalized spacial score (nSPS) is 16.8. The van der Waals surface area contributed by atoms with Gasteiger partial charge in [-0.3, -0.25) is 4.99 Å². The van der Waals surface area contributed by atoms with Crippen molar-refractivity contribution in [3.63, 3.8) is 0 Å². The molecule has 3 N–H and O–H groups in total. The molecule has 0 spiro atoms. The number of benzene rings is 1. The van der Waals surface area contributed by atoms with Crippen LogP contribution in [0.15, 0.2) is 34.2 Å². The maximum absolute atomic E-state index is 12.1. The quantitative estimate of drug-likeness (QED) is 0.453. The predicted molar refractivity (Wildman–Crippen MR) is 85.5 cm³/mol. The molecular weight excluding hydrogens is 328 g/mol. The topological polar surface area (TPSA) is 97.0 Å². The zero-order valence-corrected chi connectivity index (χ0v) is 13.6. The summed E-state index contributed by atoms with van der Waals surface area (Å²) >= 11 is 5.79. The molecule has 1 aliphatic rings. The highest BCUT2D eigenvalue weighted by Gasteiger charge is 2.14. The minimum Gasteiger partial charge on any atom is -0.378 e. The van der Waals surface area contributed by atoms with Gasteiger partial charge >= 0.3 is 0 Å². The Balaban J connectivity index is 1.85. The number of ether oxygens (including phenoxy) is 1. The maximum Gasteiger partial charge on any atom is 0.240 e. The minimum absolute atomic E-state index is 0.130. The number of aliphatic imine (C=N–C) groups is 1. The molecule has 0 aromatic heterocycles. The number of nitrogens with zero attached hydrogens (tertiary/aromatic N) is 2. The lowest BCUT2D eigenvalue weighted by molar-refractivity contribution is 0.0674. The highest BCUT2D eigenvalue weighted by Crippen LogP contribution is 2.14. The van der Waals surface area contributed by atoms with E-state index in [1.165, 1.54) is 12.1 Å². The van der Waals surface area contributed by atoms with Crippen LogP contribution in [0.3, 0.4) is 0 Å². The van der Waals surface area contributed by atoms with Crippen molar-refractivity contribution in [1.82, 2.24) is 9.62 Å². The molecule has 1 saturated heterocycles. The molecule has 0 atom stereocenters. The number of nitrogens with one attached hydrogen (secondary N) is 1. The Morgan fingerprint density at radius 2 is 2.14 bits per heavy atom. The Hall–Kier alpha value is -1.35. The Morgan fingerprint density at radius 1 is 1.41 bits per heavy atom. The summed E-state index contributed by atoms with van der Waals surface area (Å²) in [6, 6.07) is 6.09. The third-order valence-electron chi connectivity index (χ3n) is 3.12. The van der Waals surface area contributed by atoms with Gasteiger partial charge in [0.1, 0.15) is 0 Å². The van der Waals surface area contributed by atoms with Gasteiger partial charge in [-0.05, 0) is 18.2 Å². The van der Waals surface area contributed by atoms with Crippen LogP contribution in [0.2, 0.25) is 5.02 Å². The standard InChI is InChI=1S/C13H19ClN4O3S/c14-11-2-1-3-12(10-11)22(19,20)17-5-4-16-13(15)18-6-8-21-9-7-18/h1-3,10,17H,4-9H2,(H2,15,16). The van der Waals surface area contributed by atoms with E-state index in [-0.39, 0.29) is 18.0 Å². The van der Waals surface area contributed by atoms with Gasteiger partial charge in [0.15, 0.2) is 5.96 Å². The largest absolute Gasteiger partial charge is 0.378 e. The third kappa shape index (κ3) is 4.84. The van der Waals surface area contributed by atoms with Gasteiger partial charge in [0, 0.05) is 24.7 Å². The van der Waals surface area contributed by atoms with Gasteiger partial charge in [-0.2, -0.15) is 0 Å². The van der Waals surface area contributed by atoms with Gasteiger partial charge in [-0.25, -0.2) is 13.1 Å². The van der Waals surface area contributed by atoms with E-state index < -0.39 is 10.0 Å². The first-order valence-electron chi connectivity index (χ1n) is 6.87. The van der Waals surface area contributed by atoms with Crippen molar-refractivity contribution in [3.8, 4) is 0 Å². The van der Waals surface area contributed by atoms with E-state index in [1.54, 1.807) is 12.1 Å². The van der Waals surface area contributed by atoms with Crippen LogP contribution in [0.1, 0.15) is 0 Å². The summed E-state index contributed by atoms with van der Waals surface area (Å²) in [6.45, 7) is 3.07. The summed E-state index contributed by atoms with van der Waals surface area (Å²) in [5.74, 6) is 0.408. The Morgan fingerprint density at radius 3 is 2.82 bits per heavy atom. The average molecular weight is 347 g/mol. The number of hydrogen-bond acceptors (Lipinski definition) is 4. The number of hydrogen-bond donors (Lipinski definition) is 2. The first-order chi connectivity index (χ1) is 10.5. The molecule has 9 heteroatoms. The number of nitrogens with two attached hydrogens (primary N) is 1. The zero-order valence-electron chi connectivity index (χ0n) is 12.0. The number of halogens is 1. The van der Waals surface area contributed by atoms with E-state index in [0.29, 0.717) is 37.3 Å². The molecule has 2 rings (SSSR count). The Kier molecular flexibility index (Phi) is 6.01.